The fourth-order valence-corrected chi connectivity index (χ4v) is 0.908. The summed E-state index contributed by atoms with van der Waals surface area (Å²) in [5.74, 6) is -1.85. The third-order valence-electron chi connectivity index (χ3n) is 1.50. The topological polar surface area (TPSA) is 98.3 Å². The molecule has 0 radical (unpaired) electrons. The lowest BCUT2D eigenvalue weighted by Gasteiger charge is -2.14. The monoisotopic (exact) mass is 171 g/mol. The molecule has 0 spiro atoms. The van der Waals surface area contributed by atoms with Gasteiger partial charge in [0, 0.05) is 6.42 Å². The number of hydrogen-bond acceptors (Lipinski definition) is 4. The second-order valence-electron chi connectivity index (χ2n) is 2.43. The predicted molar refractivity (Wildman–Crippen MR) is 34.7 cm³/mol. The molecule has 1 aliphatic rings. The van der Waals surface area contributed by atoms with Gasteiger partial charge in [-0.25, -0.2) is 4.79 Å². The maximum atomic E-state index is 10.7. The van der Waals surface area contributed by atoms with Crippen molar-refractivity contribution in [2.24, 2.45) is 0 Å². The molecule has 6 heteroatoms. The lowest BCUT2D eigenvalue weighted by Crippen LogP contribution is -2.49. The molecule has 0 aromatic heterocycles. The fourth-order valence-electron chi connectivity index (χ4n) is 0.908. The third kappa shape index (κ3) is 1.94. The molecular weight excluding hydrogens is 164 g/mol. The number of carbonyl (C=O) groups is 3. The Morgan fingerprint density at radius 1 is 1.50 bits per heavy atom. The van der Waals surface area contributed by atoms with E-state index in [1.165, 1.54) is 0 Å². The molecule has 1 atom stereocenters. The molecule has 0 bridgehead atoms. The molecule has 3 amide bonds. The SMILES string of the molecule is O=C1CC[C@@H](C(=O)[O-])NC(=O)N1. The highest BCUT2D eigenvalue weighted by atomic mass is 16.4. The number of carbonyl (C=O) groups excluding carboxylic acids is 3. The van der Waals surface area contributed by atoms with Gasteiger partial charge in [-0.1, -0.05) is 0 Å². The van der Waals surface area contributed by atoms with Gasteiger partial charge in [0.15, 0.2) is 0 Å². The molecule has 0 saturated carbocycles. The summed E-state index contributed by atoms with van der Waals surface area (Å²) in [6.07, 6.45) is 0.0806. The van der Waals surface area contributed by atoms with E-state index in [2.05, 4.69) is 5.32 Å². The first-order valence-electron chi connectivity index (χ1n) is 3.41. The van der Waals surface area contributed by atoms with E-state index in [0.717, 1.165) is 0 Å². The van der Waals surface area contributed by atoms with Crippen LogP contribution >= 0.6 is 0 Å². The van der Waals surface area contributed by atoms with Crippen LogP contribution in [0, 0.1) is 0 Å². The fraction of sp³-hybridized carbons (Fsp3) is 0.500. The standard InChI is InChI=1S/C6H8N2O4/c9-4-2-1-3(5(10)11)7-6(12)8-4/h3H,1-2H2,(H,10,11)(H2,7,8,9,12)/p-1/t3-/m0/s1. The summed E-state index contributed by atoms with van der Waals surface area (Å²) in [5.41, 5.74) is 0. The van der Waals surface area contributed by atoms with Crippen molar-refractivity contribution in [3.8, 4) is 0 Å². The average Bonchev–Trinajstić information content (AvgIpc) is 2.11. The molecule has 0 aromatic rings. The number of carboxylic acid groups (broad SMARTS) is 1. The van der Waals surface area contributed by atoms with Gasteiger partial charge in [-0.15, -0.1) is 0 Å². The minimum atomic E-state index is -1.38. The van der Waals surface area contributed by atoms with Gasteiger partial charge in [-0.05, 0) is 6.42 Å². The normalized spacial score (nSPS) is 23.8. The lowest BCUT2D eigenvalue weighted by molar-refractivity contribution is -0.308. The van der Waals surface area contributed by atoms with Gasteiger partial charge in [0.2, 0.25) is 5.91 Å². The van der Waals surface area contributed by atoms with E-state index in [9.17, 15) is 19.5 Å². The minimum Gasteiger partial charge on any atom is -0.548 e. The number of imide groups is 1. The molecule has 2 N–H and O–H groups in total. The second kappa shape index (κ2) is 3.21. The molecule has 1 fully saturated rings. The summed E-state index contributed by atoms with van der Waals surface area (Å²) < 4.78 is 0. The van der Waals surface area contributed by atoms with Gasteiger partial charge in [0.05, 0.1) is 12.0 Å². The van der Waals surface area contributed by atoms with Gasteiger partial charge in [-0.2, -0.15) is 0 Å². The molecule has 0 aliphatic carbocycles. The van der Waals surface area contributed by atoms with Crippen LogP contribution in [0.3, 0.4) is 0 Å². The zero-order valence-electron chi connectivity index (χ0n) is 6.12. The maximum absolute atomic E-state index is 10.7. The number of nitrogens with one attached hydrogen (secondary N) is 2. The van der Waals surface area contributed by atoms with Crippen LogP contribution in [0.25, 0.3) is 0 Å². The Labute approximate surface area is 67.9 Å². The van der Waals surface area contributed by atoms with E-state index < -0.39 is 23.9 Å². The molecule has 12 heavy (non-hydrogen) atoms. The van der Waals surface area contributed by atoms with Gasteiger partial charge < -0.3 is 15.2 Å². The van der Waals surface area contributed by atoms with Gasteiger partial charge in [0.25, 0.3) is 0 Å². The number of urea groups is 1. The zero-order valence-corrected chi connectivity index (χ0v) is 6.12. The van der Waals surface area contributed by atoms with E-state index >= 15 is 0 Å². The summed E-state index contributed by atoms with van der Waals surface area (Å²) in [4.78, 5) is 31.6. The molecule has 1 heterocycles. The number of hydrogen-bond donors (Lipinski definition) is 2. The maximum Gasteiger partial charge on any atom is 0.321 e. The van der Waals surface area contributed by atoms with Crippen LogP contribution < -0.4 is 15.7 Å². The number of carboxylic acids is 1. The van der Waals surface area contributed by atoms with Crippen molar-refractivity contribution >= 4 is 17.9 Å². The molecule has 1 aliphatic heterocycles. The summed E-state index contributed by atoms with van der Waals surface area (Å²) in [7, 11) is 0. The summed E-state index contributed by atoms with van der Waals surface area (Å²) in [6, 6.07) is -1.86. The summed E-state index contributed by atoms with van der Waals surface area (Å²) in [6.45, 7) is 0. The highest BCUT2D eigenvalue weighted by molar-refractivity contribution is 5.97. The van der Waals surface area contributed by atoms with Crippen molar-refractivity contribution in [1.82, 2.24) is 10.6 Å². The highest BCUT2D eigenvalue weighted by Gasteiger charge is 2.20. The van der Waals surface area contributed by atoms with Crippen LogP contribution in [0.1, 0.15) is 12.8 Å². The van der Waals surface area contributed by atoms with Crippen LogP contribution in [0.4, 0.5) is 4.79 Å². The first-order chi connectivity index (χ1) is 5.59. The summed E-state index contributed by atoms with van der Waals surface area (Å²) >= 11 is 0. The summed E-state index contributed by atoms with van der Waals surface area (Å²) in [5, 5.41) is 14.3. The largest absolute Gasteiger partial charge is 0.548 e. The Bertz CT molecular complexity index is 238. The van der Waals surface area contributed by atoms with E-state index in [0.29, 0.717) is 0 Å². The average molecular weight is 171 g/mol. The smallest absolute Gasteiger partial charge is 0.321 e. The number of rotatable bonds is 1. The van der Waals surface area contributed by atoms with E-state index in [4.69, 9.17) is 0 Å². The second-order valence-corrected chi connectivity index (χ2v) is 2.43. The van der Waals surface area contributed by atoms with Crippen LogP contribution in [0.15, 0.2) is 0 Å². The Hall–Kier alpha value is -1.59. The molecule has 1 saturated heterocycles. The highest BCUT2D eigenvalue weighted by Crippen LogP contribution is 1.99. The Balaban J connectivity index is 2.64. The van der Waals surface area contributed by atoms with Gasteiger partial charge in [-0.3, -0.25) is 10.1 Å². The Kier molecular flexibility index (Phi) is 2.27. The van der Waals surface area contributed by atoms with Crippen LogP contribution in [0.2, 0.25) is 0 Å². The molecule has 66 valence electrons. The van der Waals surface area contributed by atoms with Crippen LogP contribution in [-0.4, -0.2) is 23.9 Å². The molecule has 0 aromatic carbocycles. The number of aliphatic carboxylic acids is 1. The quantitative estimate of drug-likeness (QED) is 0.464. The predicted octanol–water partition coefficient (Wildman–Crippen LogP) is -2.28. The molecule has 6 nitrogen and oxygen atoms in total. The zero-order chi connectivity index (χ0) is 9.14. The molecule has 0 unspecified atom stereocenters. The Morgan fingerprint density at radius 3 is 2.75 bits per heavy atom. The Morgan fingerprint density at radius 2 is 2.17 bits per heavy atom. The number of amides is 3. The van der Waals surface area contributed by atoms with E-state index in [1.807, 2.05) is 5.32 Å². The first-order valence-corrected chi connectivity index (χ1v) is 3.41. The van der Waals surface area contributed by atoms with Crippen molar-refractivity contribution < 1.29 is 19.5 Å². The van der Waals surface area contributed by atoms with Gasteiger partial charge in [0.1, 0.15) is 0 Å². The van der Waals surface area contributed by atoms with Crippen LogP contribution in [-0.2, 0) is 9.59 Å². The van der Waals surface area contributed by atoms with Crippen molar-refractivity contribution in [2.45, 2.75) is 18.9 Å². The molecular formula is C6H7N2O4-. The first kappa shape index (κ1) is 8.51. The van der Waals surface area contributed by atoms with Crippen molar-refractivity contribution in [1.29, 1.82) is 0 Å². The minimum absolute atomic E-state index is 0.0113. The molecule has 1 rings (SSSR count). The van der Waals surface area contributed by atoms with Crippen LogP contribution in [0.5, 0.6) is 0 Å². The van der Waals surface area contributed by atoms with E-state index in [-0.39, 0.29) is 12.8 Å². The van der Waals surface area contributed by atoms with Crippen molar-refractivity contribution in [2.75, 3.05) is 0 Å². The van der Waals surface area contributed by atoms with Gasteiger partial charge >= 0.3 is 6.03 Å². The lowest BCUT2D eigenvalue weighted by atomic mass is 10.1. The van der Waals surface area contributed by atoms with Crippen molar-refractivity contribution in [3.63, 3.8) is 0 Å². The third-order valence-corrected chi connectivity index (χ3v) is 1.50. The van der Waals surface area contributed by atoms with E-state index in [1.54, 1.807) is 0 Å². The van der Waals surface area contributed by atoms with Crippen molar-refractivity contribution in [3.05, 3.63) is 0 Å².